The molecule has 6 nitrogen and oxygen atoms in total. The second-order valence-corrected chi connectivity index (χ2v) is 7.24. The SMILES string of the molecule is CC1(NC(=O)CCCCC(=O)O)CCS(=O)(=O)C1. The Hall–Kier alpha value is -1.11. The van der Waals surface area contributed by atoms with E-state index in [2.05, 4.69) is 5.32 Å². The molecule has 1 amide bonds. The number of hydrogen-bond acceptors (Lipinski definition) is 4. The fraction of sp³-hybridized carbons (Fsp3) is 0.818. The van der Waals surface area contributed by atoms with E-state index in [0.717, 1.165) is 0 Å². The van der Waals surface area contributed by atoms with Crippen LogP contribution in [0.4, 0.5) is 0 Å². The molecule has 1 unspecified atom stereocenters. The summed E-state index contributed by atoms with van der Waals surface area (Å²) in [5, 5.41) is 11.2. The summed E-state index contributed by atoms with van der Waals surface area (Å²) in [4.78, 5) is 21.9. The van der Waals surface area contributed by atoms with Crippen LogP contribution < -0.4 is 5.32 Å². The molecule has 1 rings (SSSR count). The highest BCUT2D eigenvalue weighted by molar-refractivity contribution is 7.91. The van der Waals surface area contributed by atoms with Gasteiger partial charge in [-0.15, -0.1) is 0 Å². The van der Waals surface area contributed by atoms with Gasteiger partial charge < -0.3 is 10.4 Å². The van der Waals surface area contributed by atoms with Crippen LogP contribution in [-0.2, 0) is 19.4 Å². The van der Waals surface area contributed by atoms with Gasteiger partial charge in [-0.2, -0.15) is 0 Å². The molecule has 0 aromatic rings. The van der Waals surface area contributed by atoms with Gasteiger partial charge in [0.15, 0.2) is 9.84 Å². The Kier molecular flexibility index (Phi) is 4.72. The largest absolute Gasteiger partial charge is 0.481 e. The van der Waals surface area contributed by atoms with Crippen LogP contribution in [0.3, 0.4) is 0 Å². The van der Waals surface area contributed by atoms with Crippen LogP contribution in [0.2, 0.25) is 0 Å². The van der Waals surface area contributed by atoms with Crippen LogP contribution in [0.5, 0.6) is 0 Å². The molecule has 0 radical (unpaired) electrons. The Bertz CT molecular complexity index is 431. The van der Waals surface area contributed by atoms with Crippen LogP contribution in [0, 0.1) is 0 Å². The van der Waals surface area contributed by atoms with E-state index in [1.807, 2.05) is 0 Å². The van der Waals surface area contributed by atoms with Crippen molar-refractivity contribution in [2.24, 2.45) is 0 Å². The third-order valence-corrected chi connectivity index (χ3v) is 4.89. The molecule has 104 valence electrons. The third kappa shape index (κ3) is 5.03. The molecule has 2 N–H and O–H groups in total. The molecule has 1 saturated heterocycles. The summed E-state index contributed by atoms with van der Waals surface area (Å²) in [6.07, 6.45) is 1.69. The van der Waals surface area contributed by atoms with Crippen LogP contribution in [0.1, 0.15) is 39.0 Å². The topological polar surface area (TPSA) is 101 Å². The normalized spacial score (nSPS) is 25.8. The van der Waals surface area contributed by atoms with Crippen molar-refractivity contribution in [1.29, 1.82) is 0 Å². The minimum Gasteiger partial charge on any atom is -0.481 e. The van der Waals surface area contributed by atoms with E-state index in [1.54, 1.807) is 6.92 Å². The number of amides is 1. The first-order valence-electron chi connectivity index (χ1n) is 5.96. The smallest absolute Gasteiger partial charge is 0.303 e. The fourth-order valence-electron chi connectivity index (χ4n) is 2.07. The monoisotopic (exact) mass is 277 g/mol. The Morgan fingerprint density at radius 2 is 1.89 bits per heavy atom. The first kappa shape index (κ1) is 14.9. The first-order chi connectivity index (χ1) is 8.22. The molecular formula is C11H19NO5S. The van der Waals surface area contributed by atoms with Crippen molar-refractivity contribution in [3.05, 3.63) is 0 Å². The van der Waals surface area contributed by atoms with Gasteiger partial charge in [-0.05, 0) is 26.2 Å². The van der Waals surface area contributed by atoms with Gasteiger partial charge >= 0.3 is 5.97 Å². The van der Waals surface area contributed by atoms with Gasteiger partial charge in [0, 0.05) is 12.8 Å². The van der Waals surface area contributed by atoms with Crippen molar-refractivity contribution in [3.8, 4) is 0 Å². The van der Waals surface area contributed by atoms with Gasteiger partial charge in [0.25, 0.3) is 0 Å². The average molecular weight is 277 g/mol. The number of carboxylic acids is 1. The first-order valence-corrected chi connectivity index (χ1v) is 7.78. The van der Waals surface area contributed by atoms with Crippen molar-refractivity contribution >= 4 is 21.7 Å². The van der Waals surface area contributed by atoms with Crippen molar-refractivity contribution < 1.29 is 23.1 Å². The molecule has 1 aliphatic heterocycles. The van der Waals surface area contributed by atoms with Crippen LogP contribution >= 0.6 is 0 Å². The number of sulfone groups is 1. The second-order valence-electron chi connectivity index (χ2n) is 5.05. The summed E-state index contributed by atoms with van der Waals surface area (Å²) in [7, 11) is -3.03. The average Bonchev–Trinajstić information content (AvgIpc) is 2.47. The number of carbonyl (C=O) groups is 2. The van der Waals surface area contributed by atoms with Crippen molar-refractivity contribution in [1.82, 2.24) is 5.32 Å². The number of aliphatic carboxylic acids is 1. The lowest BCUT2D eigenvalue weighted by Gasteiger charge is -2.23. The van der Waals surface area contributed by atoms with Crippen molar-refractivity contribution in [3.63, 3.8) is 0 Å². The molecule has 0 aromatic heterocycles. The lowest BCUT2D eigenvalue weighted by molar-refractivity contribution is -0.137. The summed E-state index contributed by atoms with van der Waals surface area (Å²) in [5.74, 6) is -0.979. The number of carbonyl (C=O) groups excluding carboxylic acids is 1. The Labute approximate surface area is 107 Å². The summed E-state index contributed by atoms with van der Waals surface area (Å²) < 4.78 is 22.7. The van der Waals surface area contributed by atoms with Gasteiger partial charge in [-0.3, -0.25) is 9.59 Å². The van der Waals surface area contributed by atoms with Crippen LogP contribution in [-0.4, -0.2) is 42.4 Å². The fourth-order valence-corrected chi connectivity index (χ4v) is 4.16. The van der Waals surface area contributed by atoms with E-state index < -0.39 is 21.3 Å². The lowest BCUT2D eigenvalue weighted by atomic mass is 10.0. The van der Waals surface area contributed by atoms with Gasteiger partial charge in [-0.1, -0.05) is 0 Å². The standard InChI is InChI=1S/C11H19NO5S/c1-11(6-7-18(16,17)8-11)12-9(13)4-2-3-5-10(14)15/h2-8H2,1H3,(H,12,13)(H,14,15). The summed E-state index contributed by atoms with van der Waals surface area (Å²) in [6, 6.07) is 0. The number of carboxylic acid groups (broad SMARTS) is 1. The van der Waals surface area contributed by atoms with Crippen molar-refractivity contribution in [2.45, 2.75) is 44.6 Å². The van der Waals surface area contributed by atoms with E-state index in [1.165, 1.54) is 0 Å². The molecule has 0 aliphatic carbocycles. The molecule has 1 atom stereocenters. The van der Waals surface area contributed by atoms with Crippen molar-refractivity contribution in [2.75, 3.05) is 11.5 Å². The maximum Gasteiger partial charge on any atom is 0.303 e. The summed E-state index contributed by atoms with van der Waals surface area (Å²) in [5.41, 5.74) is -0.664. The zero-order valence-electron chi connectivity index (χ0n) is 10.4. The highest BCUT2D eigenvalue weighted by atomic mass is 32.2. The zero-order valence-corrected chi connectivity index (χ0v) is 11.3. The van der Waals surface area contributed by atoms with Gasteiger partial charge in [0.2, 0.25) is 5.91 Å². The minimum atomic E-state index is -3.03. The Morgan fingerprint density at radius 3 is 2.39 bits per heavy atom. The number of rotatable bonds is 6. The molecule has 0 saturated carbocycles. The maximum atomic E-state index is 11.6. The predicted octanol–water partition coefficient (Wildman–Crippen LogP) is 0.325. The molecule has 1 fully saturated rings. The molecule has 7 heteroatoms. The van der Waals surface area contributed by atoms with Crippen LogP contribution in [0.15, 0.2) is 0 Å². The molecule has 0 aromatic carbocycles. The molecular weight excluding hydrogens is 258 g/mol. The number of nitrogens with one attached hydrogen (secondary N) is 1. The van der Waals surface area contributed by atoms with E-state index >= 15 is 0 Å². The minimum absolute atomic E-state index is 0.0130. The van der Waals surface area contributed by atoms with Gasteiger partial charge in [0.1, 0.15) is 0 Å². The number of hydrogen-bond donors (Lipinski definition) is 2. The summed E-state index contributed by atoms with van der Waals surface area (Å²) in [6.45, 7) is 1.73. The van der Waals surface area contributed by atoms with Gasteiger partial charge in [0.05, 0.1) is 17.0 Å². The van der Waals surface area contributed by atoms with Crippen LogP contribution in [0.25, 0.3) is 0 Å². The molecule has 0 bridgehead atoms. The Balaban J connectivity index is 2.30. The Morgan fingerprint density at radius 1 is 1.28 bits per heavy atom. The second kappa shape index (κ2) is 5.69. The highest BCUT2D eigenvalue weighted by Crippen LogP contribution is 2.22. The third-order valence-electron chi connectivity index (χ3n) is 2.99. The van der Waals surface area contributed by atoms with E-state index in [4.69, 9.17) is 5.11 Å². The quantitative estimate of drug-likeness (QED) is 0.681. The lowest BCUT2D eigenvalue weighted by Crippen LogP contribution is -2.46. The van der Waals surface area contributed by atoms with E-state index in [-0.39, 0.29) is 30.3 Å². The van der Waals surface area contributed by atoms with E-state index in [9.17, 15) is 18.0 Å². The maximum absolute atomic E-state index is 11.6. The molecule has 1 heterocycles. The summed E-state index contributed by atoms with van der Waals surface area (Å²) >= 11 is 0. The molecule has 1 aliphatic rings. The molecule has 0 spiro atoms. The highest BCUT2D eigenvalue weighted by Gasteiger charge is 2.39. The zero-order chi connectivity index (χ0) is 13.8. The number of unbranched alkanes of at least 4 members (excludes halogenated alkanes) is 1. The van der Waals surface area contributed by atoms with Gasteiger partial charge in [-0.25, -0.2) is 8.42 Å². The predicted molar refractivity (Wildman–Crippen MR) is 65.9 cm³/mol. The van der Waals surface area contributed by atoms with E-state index in [0.29, 0.717) is 19.3 Å². The molecule has 18 heavy (non-hydrogen) atoms.